The number of nitrogens with one attached hydrogen (secondary N) is 2. The van der Waals surface area contributed by atoms with Crippen molar-refractivity contribution >= 4 is 11.7 Å². The molecule has 1 unspecified atom stereocenters. The van der Waals surface area contributed by atoms with Crippen LogP contribution in [0.25, 0.3) is 0 Å². The highest BCUT2D eigenvalue weighted by molar-refractivity contribution is 5.93. The van der Waals surface area contributed by atoms with Crippen LogP contribution in [0, 0.1) is 10.1 Å². The van der Waals surface area contributed by atoms with Crippen LogP contribution in [-0.4, -0.2) is 47.5 Å². The first-order chi connectivity index (χ1) is 11.6. The Bertz CT molecular complexity index is 758. The largest absolute Gasteiger partial charge is 0.496 e. The number of H-pyrrole nitrogens is 1. The molecule has 2 aromatic rings. The minimum Gasteiger partial charge on any atom is -0.496 e. The van der Waals surface area contributed by atoms with Crippen molar-refractivity contribution in [2.75, 3.05) is 26.7 Å². The number of amides is 1. The average molecular weight is 330 g/mol. The predicted octanol–water partition coefficient (Wildman–Crippen LogP) is 1.72. The number of ether oxygens (including phenoxy) is 1. The van der Waals surface area contributed by atoms with Gasteiger partial charge in [0.05, 0.1) is 13.2 Å². The zero-order valence-electron chi connectivity index (χ0n) is 13.2. The molecular weight excluding hydrogens is 312 g/mol. The van der Waals surface area contributed by atoms with Gasteiger partial charge in [-0.1, -0.05) is 18.2 Å². The van der Waals surface area contributed by atoms with Gasteiger partial charge in [-0.2, -0.15) is 0 Å². The van der Waals surface area contributed by atoms with Gasteiger partial charge in [0.25, 0.3) is 5.91 Å². The van der Waals surface area contributed by atoms with E-state index in [4.69, 9.17) is 4.74 Å². The number of carbonyl (C=O) groups is 1. The summed E-state index contributed by atoms with van der Waals surface area (Å²) in [6.45, 7) is 1.77. The van der Waals surface area contributed by atoms with Crippen molar-refractivity contribution in [2.24, 2.45) is 0 Å². The molecule has 1 saturated heterocycles. The normalized spacial score (nSPS) is 17.5. The summed E-state index contributed by atoms with van der Waals surface area (Å²) in [5.74, 6) is 0.254. The topological polar surface area (TPSA) is 100 Å². The molecule has 0 saturated carbocycles. The predicted molar refractivity (Wildman–Crippen MR) is 87.1 cm³/mol. The van der Waals surface area contributed by atoms with E-state index in [1.807, 2.05) is 24.3 Å². The van der Waals surface area contributed by atoms with Crippen LogP contribution in [0.2, 0.25) is 0 Å². The summed E-state index contributed by atoms with van der Waals surface area (Å²) >= 11 is 0. The fraction of sp³-hybridized carbons (Fsp3) is 0.312. The fourth-order valence-corrected chi connectivity index (χ4v) is 2.94. The van der Waals surface area contributed by atoms with Crippen LogP contribution >= 0.6 is 0 Å². The Kier molecular flexibility index (Phi) is 4.48. The molecule has 24 heavy (non-hydrogen) atoms. The third kappa shape index (κ3) is 2.95. The first-order valence-electron chi connectivity index (χ1n) is 7.60. The van der Waals surface area contributed by atoms with E-state index < -0.39 is 4.92 Å². The van der Waals surface area contributed by atoms with E-state index in [-0.39, 0.29) is 23.5 Å². The molecule has 8 nitrogen and oxygen atoms in total. The van der Waals surface area contributed by atoms with Gasteiger partial charge >= 0.3 is 5.82 Å². The van der Waals surface area contributed by atoms with Crippen molar-refractivity contribution < 1.29 is 14.5 Å². The molecule has 1 aliphatic heterocycles. The highest BCUT2D eigenvalue weighted by atomic mass is 16.6. The lowest BCUT2D eigenvalue weighted by molar-refractivity contribution is -0.389. The lowest BCUT2D eigenvalue weighted by Crippen LogP contribution is -2.48. The molecule has 0 aliphatic carbocycles. The molecule has 2 N–H and O–H groups in total. The number of nitro groups is 1. The zero-order valence-corrected chi connectivity index (χ0v) is 13.2. The van der Waals surface area contributed by atoms with Crippen LogP contribution in [-0.2, 0) is 0 Å². The lowest BCUT2D eigenvalue weighted by Gasteiger charge is -2.36. The number of hydrogen-bond acceptors (Lipinski definition) is 5. The van der Waals surface area contributed by atoms with E-state index in [0.717, 1.165) is 5.56 Å². The smallest absolute Gasteiger partial charge is 0.321 e. The second kappa shape index (κ2) is 6.71. The molecule has 0 spiro atoms. The second-order valence-electron chi connectivity index (χ2n) is 5.47. The SMILES string of the molecule is COc1ccccc1C1CNCCN1C(=O)c1ccc([N+](=O)[O-])[nH]1. The highest BCUT2D eigenvalue weighted by Crippen LogP contribution is 2.31. The van der Waals surface area contributed by atoms with Gasteiger partial charge < -0.3 is 25.1 Å². The van der Waals surface area contributed by atoms with Crippen LogP contribution in [0.4, 0.5) is 5.82 Å². The molecule has 1 aromatic carbocycles. The number of benzene rings is 1. The molecule has 0 radical (unpaired) electrons. The number of piperazine rings is 1. The average Bonchev–Trinajstić information content (AvgIpc) is 3.11. The van der Waals surface area contributed by atoms with Crippen molar-refractivity contribution in [3.63, 3.8) is 0 Å². The summed E-state index contributed by atoms with van der Waals surface area (Å²) in [6, 6.07) is 10.1. The Morgan fingerprint density at radius 2 is 2.12 bits per heavy atom. The van der Waals surface area contributed by atoms with Gasteiger partial charge in [0, 0.05) is 31.3 Å². The molecule has 8 heteroatoms. The number of aromatic nitrogens is 1. The Labute approximate surface area is 138 Å². The van der Waals surface area contributed by atoms with Gasteiger partial charge in [-0.25, -0.2) is 4.98 Å². The van der Waals surface area contributed by atoms with Gasteiger partial charge in [0.1, 0.15) is 5.75 Å². The van der Waals surface area contributed by atoms with Crippen LogP contribution in [0.15, 0.2) is 36.4 Å². The third-order valence-corrected chi connectivity index (χ3v) is 4.10. The second-order valence-corrected chi connectivity index (χ2v) is 5.47. The molecule has 1 fully saturated rings. The third-order valence-electron chi connectivity index (χ3n) is 4.10. The first kappa shape index (κ1) is 16.0. The maximum atomic E-state index is 12.8. The summed E-state index contributed by atoms with van der Waals surface area (Å²) in [7, 11) is 1.59. The number of rotatable bonds is 4. The van der Waals surface area contributed by atoms with Crippen molar-refractivity contribution in [3.8, 4) is 5.75 Å². The first-order valence-corrected chi connectivity index (χ1v) is 7.60. The van der Waals surface area contributed by atoms with Crippen LogP contribution in [0.3, 0.4) is 0 Å². The van der Waals surface area contributed by atoms with Gasteiger partial charge in [-0.15, -0.1) is 0 Å². The summed E-state index contributed by atoms with van der Waals surface area (Å²) in [4.78, 5) is 27.4. The van der Waals surface area contributed by atoms with E-state index in [9.17, 15) is 14.9 Å². The molecule has 1 aliphatic rings. The lowest BCUT2D eigenvalue weighted by atomic mass is 10.0. The van der Waals surface area contributed by atoms with Gasteiger partial charge in [-0.3, -0.25) is 4.79 Å². The Morgan fingerprint density at radius 3 is 2.83 bits per heavy atom. The van der Waals surface area contributed by atoms with E-state index in [1.54, 1.807) is 12.0 Å². The molecule has 1 aromatic heterocycles. The minimum absolute atomic E-state index is 0.192. The molecule has 0 bridgehead atoms. The molecule has 126 valence electrons. The summed E-state index contributed by atoms with van der Waals surface area (Å²) < 4.78 is 5.41. The van der Waals surface area contributed by atoms with Gasteiger partial charge in [0.2, 0.25) is 0 Å². The highest BCUT2D eigenvalue weighted by Gasteiger charge is 2.32. The number of aromatic amines is 1. The number of hydrogen-bond donors (Lipinski definition) is 2. The summed E-state index contributed by atoms with van der Waals surface area (Å²) in [5.41, 5.74) is 1.12. The number of methoxy groups -OCH3 is 1. The standard InChI is InChI=1S/C16H18N4O4/c1-24-14-5-3-2-4-11(14)13-10-17-8-9-19(13)16(21)12-6-7-15(18-12)20(22)23/h2-7,13,17-18H,8-10H2,1H3. The molecular formula is C16H18N4O4. The maximum absolute atomic E-state index is 12.8. The van der Waals surface area contributed by atoms with Crippen molar-refractivity contribution in [1.29, 1.82) is 0 Å². The molecule has 3 rings (SSSR count). The van der Waals surface area contributed by atoms with Gasteiger partial charge in [-0.05, 0) is 17.1 Å². The molecule has 1 amide bonds. The quantitative estimate of drug-likeness (QED) is 0.657. The Balaban J connectivity index is 1.91. The van der Waals surface area contributed by atoms with Crippen LogP contribution in [0.1, 0.15) is 22.1 Å². The fourth-order valence-electron chi connectivity index (χ4n) is 2.94. The van der Waals surface area contributed by atoms with Crippen molar-refractivity contribution in [1.82, 2.24) is 15.2 Å². The summed E-state index contributed by atoms with van der Waals surface area (Å²) in [5, 5.41) is 14.1. The zero-order chi connectivity index (χ0) is 17.1. The number of carbonyl (C=O) groups excluding carboxylic acids is 1. The number of nitrogens with zero attached hydrogens (tertiary/aromatic N) is 2. The van der Waals surface area contributed by atoms with Crippen molar-refractivity contribution in [3.05, 3.63) is 57.8 Å². The molecule has 1 atom stereocenters. The van der Waals surface area contributed by atoms with Crippen molar-refractivity contribution in [2.45, 2.75) is 6.04 Å². The van der Waals surface area contributed by atoms with E-state index in [0.29, 0.717) is 25.4 Å². The van der Waals surface area contributed by atoms with Gasteiger partial charge in [0.15, 0.2) is 5.69 Å². The minimum atomic E-state index is -0.549. The Hall–Kier alpha value is -2.87. The van der Waals surface area contributed by atoms with Crippen LogP contribution in [0.5, 0.6) is 5.75 Å². The van der Waals surface area contributed by atoms with E-state index >= 15 is 0 Å². The number of para-hydroxylation sites is 1. The van der Waals surface area contributed by atoms with E-state index in [1.165, 1.54) is 12.1 Å². The van der Waals surface area contributed by atoms with E-state index in [2.05, 4.69) is 10.3 Å². The maximum Gasteiger partial charge on any atom is 0.321 e. The Morgan fingerprint density at radius 1 is 1.33 bits per heavy atom. The van der Waals surface area contributed by atoms with Crippen LogP contribution < -0.4 is 10.1 Å². The molecule has 2 heterocycles. The summed E-state index contributed by atoms with van der Waals surface area (Å²) in [6.07, 6.45) is 0. The monoisotopic (exact) mass is 330 g/mol.